The summed E-state index contributed by atoms with van der Waals surface area (Å²) in [7, 11) is 0. The predicted molar refractivity (Wildman–Crippen MR) is 75.8 cm³/mol. The van der Waals surface area contributed by atoms with Gasteiger partial charge in [-0.2, -0.15) is 5.26 Å². The van der Waals surface area contributed by atoms with E-state index in [-0.39, 0.29) is 11.9 Å². The van der Waals surface area contributed by atoms with Crippen molar-refractivity contribution in [3.05, 3.63) is 29.6 Å². The van der Waals surface area contributed by atoms with Gasteiger partial charge in [-0.1, -0.05) is 13.0 Å². The largest absolute Gasteiger partial charge is 0.340 e. The van der Waals surface area contributed by atoms with Crippen molar-refractivity contribution < 1.29 is 4.79 Å². The van der Waals surface area contributed by atoms with Gasteiger partial charge < -0.3 is 4.90 Å². The van der Waals surface area contributed by atoms with Crippen molar-refractivity contribution in [2.45, 2.75) is 26.3 Å². The summed E-state index contributed by atoms with van der Waals surface area (Å²) in [5, 5.41) is 9.53. The van der Waals surface area contributed by atoms with Gasteiger partial charge in [0.15, 0.2) is 0 Å². The van der Waals surface area contributed by atoms with Gasteiger partial charge in [-0.3, -0.25) is 14.7 Å². The van der Waals surface area contributed by atoms with Gasteiger partial charge in [0, 0.05) is 50.6 Å². The first-order valence-electron chi connectivity index (χ1n) is 7.00. The number of aryl methyl sites for hydroxylation is 1. The molecule has 0 aromatic carbocycles. The molecule has 1 saturated heterocycles. The lowest BCUT2D eigenvalue weighted by molar-refractivity contribution is -0.130. The van der Waals surface area contributed by atoms with E-state index in [0.717, 1.165) is 30.8 Å². The van der Waals surface area contributed by atoms with Crippen LogP contribution in [0.15, 0.2) is 18.3 Å². The van der Waals surface area contributed by atoms with E-state index in [9.17, 15) is 10.1 Å². The molecular weight excluding hydrogens is 252 g/mol. The summed E-state index contributed by atoms with van der Waals surface area (Å²) in [6.45, 7) is 6.48. The van der Waals surface area contributed by atoms with Gasteiger partial charge in [0.1, 0.15) is 6.04 Å². The third-order valence-electron chi connectivity index (χ3n) is 3.80. The van der Waals surface area contributed by atoms with Crippen molar-refractivity contribution in [1.82, 2.24) is 14.8 Å². The molecular formula is C15H20N4O. The smallest absolute Gasteiger partial charge is 0.219 e. The van der Waals surface area contributed by atoms with Crippen molar-refractivity contribution in [2.24, 2.45) is 0 Å². The van der Waals surface area contributed by atoms with E-state index in [2.05, 4.69) is 16.0 Å². The molecule has 1 aliphatic heterocycles. The molecule has 1 amide bonds. The normalized spacial score (nSPS) is 17.6. The number of hydrogen-bond donors (Lipinski definition) is 0. The van der Waals surface area contributed by atoms with E-state index < -0.39 is 0 Å². The summed E-state index contributed by atoms with van der Waals surface area (Å²) in [4.78, 5) is 19.7. The summed E-state index contributed by atoms with van der Waals surface area (Å²) in [6, 6.07) is 5.98. The fourth-order valence-electron chi connectivity index (χ4n) is 2.64. The maximum Gasteiger partial charge on any atom is 0.219 e. The number of nitriles is 1. The molecule has 0 bridgehead atoms. The Morgan fingerprint density at radius 1 is 1.45 bits per heavy atom. The lowest BCUT2D eigenvalue weighted by atomic mass is 10.0. The molecule has 0 saturated carbocycles. The molecule has 5 nitrogen and oxygen atoms in total. The average Bonchev–Trinajstić information content (AvgIpc) is 2.49. The minimum atomic E-state index is -0.271. The monoisotopic (exact) mass is 272 g/mol. The van der Waals surface area contributed by atoms with E-state index in [1.165, 1.54) is 0 Å². The van der Waals surface area contributed by atoms with Crippen LogP contribution in [0.5, 0.6) is 0 Å². The Kier molecular flexibility index (Phi) is 4.70. The van der Waals surface area contributed by atoms with E-state index in [1.807, 2.05) is 24.0 Å². The zero-order valence-electron chi connectivity index (χ0n) is 12.0. The number of rotatable bonds is 3. The topological polar surface area (TPSA) is 60.2 Å². The highest BCUT2D eigenvalue weighted by Gasteiger charge is 2.27. The molecule has 1 aliphatic rings. The molecule has 106 valence electrons. The Hall–Kier alpha value is -1.93. The highest BCUT2D eigenvalue weighted by molar-refractivity contribution is 5.73. The van der Waals surface area contributed by atoms with Gasteiger partial charge in [0.2, 0.25) is 5.91 Å². The van der Waals surface area contributed by atoms with Gasteiger partial charge in [-0.05, 0) is 12.5 Å². The molecule has 1 unspecified atom stereocenters. The molecule has 20 heavy (non-hydrogen) atoms. The Morgan fingerprint density at radius 3 is 2.70 bits per heavy atom. The van der Waals surface area contributed by atoms with Crippen LogP contribution in [0.1, 0.15) is 31.1 Å². The number of aromatic nitrogens is 1. The Morgan fingerprint density at radius 2 is 2.15 bits per heavy atom. The zero-order valence-corrected chi connectivity index (χ0v) is 12.0. The van der Waals surface area contributed by atoms with Crippen LogP contribution in [0, 0.1) is 11.3 Å². The van der Waals surface area contributed by atoms with E-state index in [1.54, 1.807) is 13.1 Å². The number of nitrogens with zero attached hydrogens (tertiary/aromatic N) is 4. The summed E-state index contributed by atoms with van der Waals surface area (Å²) < 4.78 is 0. The number of amides is 1. The van der Waals surface area contributed by atoms with Crippen LogP contribution in [0.25, 0.3) is 0 Å². The lowest BCUT2D eigenvalue weighted by Crippen LogP contribution is -2.49. The second-order valence-electron chi connectivity index (χ2n) is 4.97. The van der Waals surface area contributed by atoms with E-state index in [4.69, 9.17) is 0 Å². The Balaban J connectivity index is 2.14. The molecule has 1 aromatic heterocycles. The Bertz CT molecular complexity index is 515. The highest BCUT2D eigenvalue weighted by Crippen LogP contribution is 2.24. The van der Waals surface area contributed by atoms with Gasteiger partial charge in [-0.25, -0.2) is 0 Å². The van der Waals surface area contributed by atoms with E-state index in [0.29, 0.717) is 13.1 Å². The molecule has 0 aliphatic carbocycles. The number of piperazine rings is 1. The van der Waals surface area contributed by atoms with Gasteiger partial charge >= 0.3 is 0 Å². The molecule has 5 heteroatoms. The zero-order chi connectivity index (χ0) is 14.5. The first-order valence-corrected chi connectivity index (χ1v) is 7.00. The van der Waals surface area contributed by atoms with Gasteiger partial charge in [0.25, 0.3) is 0 Å². The van der Waals surface area contributed by atoms with Crippen LogP contribution in [-0.4, -0.2) is 46.9 Å². The number of carbonyl (C=O) groups is 1. The average molecular weight is 272 g/mol. The van der Waals surface area contributed by atoms with Crippen LogP contribution >= 0.6 is 0 Å². The SMILES string of the molecule is CCc1ncccc1C(C#N)N1CCN(C(C)=O)CC1. The molecule has 1 atom stereocenters. The van der Waals surface area contributed by atoms with Crippen molar-refractivity contribution in [3.63, 3.8) is 0 Å². The summed E-state index contributed by atoms with van der Waals surface area (Å²) in [5.74, 6) is 0.105. The fourth-order valence-corrected chi connectivity index (χ4v) is 2.64. The second kappa shape index (κ2) is 6.49. The van der Waals surface area contributed by atoms with Crippen LogP contribution in [0.3, 0.4) is 0 Å². The van der Waals surface area contributed by atoms with Crippen molar-refractivity contribution in [2.75, 3.05) is 26.2 Å². The van der Waals surface area contributed by atoms with Crippen molar-refractivity contribution in [3.8, 4) is 6.07 Å². The fraction of sp³-hybridized carbons (Fsp3) is 0.533. The van der Waals surface area contributed by atoms with E-state index >= 15 is 0 Å². The first-order chi connectivity index (χ1) is 9.67. The van der Waals surface area contributed by atoms with Crippen LogP contribution in [0.2, 0.25) is 0 Å². The number of hydrogen-bond acceptors (Lipinski definition) is 4. The lowest BCUT2D eigenvalue weighted by Gasteiger charge is -2.36. The predicted octanol–water partition coefficient (Wildman–Crippen LogP) is 1.37. The Labute approximate surface area is 119 Å². The summed E-state index contributed by atoms with van der Waals surface area (Å²) in [6.07, 6.45) is 2.59. The van der Waals surface area contributed by atoms with Crippen LogP contribution in [0.4, 0.5) is 0 Å². The molecule has 0 radical (unpaired) electrons. The van der Waals surface area contributed by atoms with Gasteiger partial charge in [0.05, 0.1) is 6.07 Å². The maximum absolute atomic E-state index is 11.3. The third-order valence-corrected chi connectivity index (χ3v) is 3.80. The summed E-state index contributed by atoms with van der Waals surface area (Å²) in [5.41, 5.74) is 1.97. The third kappa shape index (κ3) is 2.97. The molecule has 2 rings (SSSR count). The number of pyridine rings is 1. The first kappa shape index (κ1) is 14.5. The highest BCUT2D eigenvalue weighted by atomic mass is 16.2. The molecule has 1 fully saturated rings. The molecule has 0 spiro atoms. The number of carbonyl (C=O) groups excluding carboxylic acids is 1. The van der Waals surface area contributed by atoms with Crippen LogP contribution < -0.4 is 0 Å². The quantitative estimate of drug-likeness (QED) is 0.834. The minimum absolute atomic E-state index is 0.105. The van der Waals surface area contributed by atoms with Crippen LogP contribution in [-0.2, 0) is 11.2 Å². The molecule has 1 aromatic rings. The van der Waals surface area contributed by atoms with Gasteiger partial charge in [-0.15, -0.1) is 0 Å². The standard InChI is InChI=1S/C15H20N4O/c1-3-14-13(5-4-6-17-14)15(11-16)19-9-7-18(8-10-19)12(2)20/h4-6,15H,3,7-10H2,1-2H3. The van der Waals surface area contributed by atoms with Crippen molar-refractivity contribution >= 4 is 5.91 Å². The molecule has 2 heterocycles. The molecule has 0 N–H and O–H groups in total. The maximum atomic E-state index is 11.3. The van der Waals surface area contributed by atoms with Crippen molar-refractivity contribution in [1.29, 1.82) is 5.26 Å². The summed E-state index contributed by atoms with van der Waals surface area (Å²) >= 11 is 0. The minimum Gasteiger partial charge on any atom is -0.340 e. The second-order valence-corrected chi connectivity index (χ2v) is 4.97.